The zero-order valence-electron chi connectivity index (χ0n) is 73.6. The van der Waals surface area contributed by atoms with Crippen molar-refractivity contribution in [3.63, 3.8) is 0 Å². The molecule has 5 aliphatic rings. The fourth-order valence-electron chi connectivity index (χ4n) is 15.2. The third-order valence-electron chi connectivity index (χ3n) is 21.1. The van der Waals surface area contributed by atoms with Gasteiger partial charge in [0.2, 0.25) is 0 Å². The van der Waals surface area contributed by atoms with Gasteiger partial charge in [0.05, 0.1) is 35.3 Å². The molecule has 0 bridgehead atoms. The molecule has 17 heteroatoms. The topological polar surface area (TPSA) is 128 Å². The first-order valence-corrected chi connectivity index (χ1v) is 41.6. The van der Waals surface area contributed by atoms with Crippen LogP contribution in [0.25, 0.3) is 0 Å². The van der Waals surface area contributed by atoms with Crippen LogP contribution in [0, 0.1) is 19.7 Å². The zero-order valence-corrected chi connectivity index (χ0v) is 74.3. The number of hydrogen-bond acceptors (Lipinski definition) is 11. The summed E-state index contributed by atoms with van der Waals surface area (Å²) in [4.78, 5) is 1.96. The van der Waals surface area contributed by atoms with E-state index in [4.69, 9.17) is 30.1 Å². The third kappa shape index (κ3) is 29.1. The molecule has 12 nitrogen and oxygen atoms in total. The van der Waals surface area contributed by atoms with Gasteiger partial charge in [0, 0.05) is 72.5 Å². The van der Waals surface area contributed by atoms with E-state index in [0.717, 1.165) is 66.2 Å². The van der Waals surface area contributed by atoms with Gasteiger partial charge < -0.3 is 39.4 Å². The van der Waals surface area contributed by atoms with Crippen molar-refractivity contribution in [1.82, 2.24) is 40.9 Å². The molecule has 3 N–H and O–H groups in total. The van der Waals surface area contributed by atoms with E-state index in [1.165, 1.54) is 99.7 Å². The van der Waals surface area contributed by atoms with Crippen molar-refractivity contribution < 1.29 is 36.1 Å². The molecule has 3 aromatic heterocycles. The Balaban J connectivity index is 0.000000234. The number of aryl methyl sites for hydroxylation is 5. The fraction of sp³-hybridized carbons (Fsp3) is 0.594. The first kappa shape index (κ1) is 96.8. The number of likely N-dealkylation sites (N-methyl/N-ethyl adjacent to an activating group) is 1. The summed E-state index contributed by atoms with van der Waals surface area (Å²) in [5, 5.41) is 22.9. The predicted molar refractivity (Wildman–Crippen MR) is 465 cm³/mol. The van der Waals surface area contributed by atoms with Crippen LogP contribution in [0.15, 0.2) is 112 Å². The average Bonchev–Trinajstić information content (AvgIpc) is 1.58. The molecule has 3 aliphatic heterocycles. The highest BCUT2D eigenvalue weighted by atomic mass is 35.5. The summed E-state index contributed by atoms with van der Waals surface area (Å²) in [6.45, 7) is 53.5. The van der Waals surface area contributed by atoms with Crippen LogP contribution in [0.3, 0.4) is 0 Å². The Labute approximate surface area is 685 Å². The summed E-state index contributed by atoms with van der Waals surface area (Å²) >= 11 is 6.40. The van der Waals surface area contributed by atoms with Gasteiger partial charge in [0.1, 0.15) is 35.4 Å². The highest BCUT2D eigenvalue weighted by molar-refractivity contribution is 6.32. The van der Waals surface area contributed by atoms with E-state index in [-0.39, 0.29) is 35.5 Å². The summed E-state index contributed by atoms with van der Waals surface area (Å²) in [6, 6.07) is 32.5. The lowest BCUT2D eigenvalue weighted by Gasteiger charge is -2.28. The third-order valence-corrected chi connectivity index (χ3v) is 21.5. The summed E-state index contributed by atoms with van der Waals surface area (Å²) in [6.07, 6.45) is 12.6. The Hall–Kier alpha value is -6.82. The second-order valence-corrected chi connectivity index (χ2v) is 37.6. The molecule has 0 amide bonds. The van der Waals surface area contributed by atoms with Crippen LogP contribution in [-0.4, -0.2) is 79.0 Å². The van der Waals surface area contributed by atoms with Gasteiger partial charge in [0.15, 0.2) is 0 Å². The number of fused-ring (bicyclic) bond motifs is 2. The second kappa shape index (κ2) is 42.9. The number of aromatic nitrogens is 4. The molecule has 3 unspecified atom stereocenters. The molecular weight excluding hydrogens is 1440 g/mol. The van der Waals surface area contributed by atoms with E-state index in [1.807, 2.05) is 104 Å². The summed E-state index contributed by atoms with van der Waals surface area (Å²) < 4.78 is 75.1. The maximum atomic E-state index is 13.9. The van der Waals surface area contributed by atoms with E-state index in [9.17, 15) is 17.6 Å². The quantitative estimate of drug-likeness (QED) is 0.107. The normalized spacial score (nSPS) is 16.6. The van der Waals surface area contributed by atoms with Crippen molar-refractivity contribution in [2.75, 3.05) is 54.0 Å². The van der Waals surface area contributed by atoms with Gasteiger partial charge in [0.25, 0.3) is 0 Å². The SMILES string of the molecule is C.CC(C)(C)c1c(F)ccc(C2CCCN2)c1Cl.CC(C)(C)c1ccc2c(c1C1CCCN1)CCC2.CC(C)(C)c1cccc2c1CCC2.CC(C)c1ccno1.CN(C)CCOc1ccc(C(F)(F)F)cc1C(C)(C)C.COc1ccc(C(C)(C)C)c(C2CCCN2)c1.Cc1cc(C(C)C)n(C)n1.Cc1cc(C(C)C)on1. The van der Waals surface area contributed by atoms with Gasteiger partial charge in [-0.3, -0.25) is 4.68 Å². The lowest BCUT2D eigenvalue weighted by Crippen LogP contribution is -2.22. The average molecular weight is 1590 g/mol. The smallest absolute Gasteiger partial charge is 0.416 e. The molecule has 13 rings (SSSR count). The van der Waals surface area contributed by atoms with Gasteiger partial charge in [-0.15, -0.1) is 0 Å². The number of alkyl halides is 3. The van der Waals surface area contributed by atoms with E-state index in [1.54, 1.807) is 58.3 Å². The largest absolute Gasteiger partial charge is 0.497 e. The molecule has 3 saturated heterocycles. The molecule has 113 heavy (non-hydrogen) atoms. The molecule has 0 spiro atoms. The molecule has 0 saturated carbocycles. The summed E-state index contributed by atoms with van der Waals surface area (Å²) in [7, 11) is 7.56. The van der Waals surface area contributed by atoms with Crippen molar-refractivity contribution >= 4 is 11.6 Å². The number of nitrogens with one attached hydrogen (secondary N) is 3. The number of rotatable bonds is 11. The number of ether oxygens (including phenoxy) is 2. The standard InChI is InChI=1S/C17H25N.C15H22F3NO.C15H23NO.C14H19ClFN.C13H18.C8H14N2.C7H11NO.C6H9NO.CH4/c1-17(2,3)14-10-9-12-6-4-7-13(12)16(14)15-8-5-11-18-15;1-14(2,3)12-10-11(15(16,17)18)6-7-13(12)20-9-8-19(4)5;1-15(2,3)13-8-7-11(17-4)10-12(13)14-6-5-9-16-14;1-14(2,3)12-10(16)7-6-9(13(12)15)11-5-4-8-17-11;1-13(2,3)12-9-5-7-10-6-4-8-11(10)12;1-6(2)8-5-7(3)9-10(8)4;1-5(2)7-4-6(3)8-9-7;1-5(2)6-3-4-7-8-6;/h9-10,15,18H,4-8,11H2,1-3H3;6-7,10H,8-9H2,1-5H3;7-8,10,14,16H,5-6,9H2,1-4H3;6-7,11,17H,4-5,8H2,1-3H3;5,7,9H,4,6,8H2,1-3H3;5-6H,1-4H3;4-5H,1-3H3;3-5H,1-2H3;1H4. The van der Waals surface area contributed by atoms with Crippen LogP contribution >= 0.6 is 11.6 Å². The zero-order chi connectivity index (χ0) is 83.4. The van der Waals surface area contributed by atoms with Gasteiger partial charge in [-0.1, -0.05) is 217 Å². The molecule has 8 aromatic rings. The maximum absolute atomic E-state index is 13.9. The molecule has 628 valence electrons. The van der Waals surface area contributed by atoms with Crippen LogP contribution in [0.1, 0.15) is 341 Å². The van der Waals surface area contributed by atoms with E-state index >= 15 is 0 Å². The van der Waals surface area contributed by atoms with Crippen molar-refractivity contribution in [2.24, 2.45) is 7.05 Å². The van der Waals surface area contributed by atoms with Crippen molar-refractivity contribution in [3.8, 4) is 11.5 Å². The van der Waals surface area contributed by atoms with Crippen molar-refractivity contribution in [1.29, 1.82) is 0 Å². The molecule has 5 aromatic carbocycles. The Morgan fingerprint density at radius 3 is 1.54 bits per heavy atom. The molecule has 2 aliphatic carbocycles. The minimum atomic E-state index is -4.33. The first-order valence-electron chi connectivity index (χ1n) is 41.2. The van der Waals surface area contributed by atoms with Crippen LogP contribution in [0.4, 0.5) is 17.6 Å². The van der Waals surface area contributed by atoms with E-state index < -0.39 is 17.2 Å². The first-order chi connectivity index (χ1) is 52.2. The molecular formula is C96H145ClF4N8O4. The summed E-state index contributed by atoms with van der Waals surface area (Å²) in [5.74, 6) is 4.67. The van der Waals surface area contributed by atoms with Gasteiger partial charge in [-0.25, -0.2) is 4.39 Å². The van der Waals surface area contributed by atoms with E-state index in [0.29, 0.717) is 70.3 Å². The number of benzene rings is 5. The predicted octanol–water partition coefficient (Wildman–Crippen LogP) is 25.3. The highest BCUT2D eigenvalue weighted by Gasteiger charge is 2.35. The molecule has 3 atom stereocenters. The van der Waals surface area contributed by atoms with Crippen LogP contribution in [0.5, 0.6) is 11.5 Å². The lowest BCUT2D eigenvalue weighted by molar-refractivity contribution is -0.137. The van der Waals surface area contributed by atoms with Gasteiger partial charge >= 0.3 is 6.18 Å². The molecule has 3 fully saturated rings. The number of halogens is 5. The number of methoxy groups -OCH3 is 1. The van der Waals surface area contributed by atoms with Gasteiger partial charge in [-0.2, -0.15) is 18.3 Å². The van der Waals surface area contributed by atoms with Crippen molar-refractivity contribution in [3.05, 3.63) is 215 Å². The van der Waals surface area contributed by atoms with Gasteiger partial charge in [-0.05, 0) is 256 Å². The van der Waals surface area contributed by atoms with Crippen LogP contribution in [-0.2, 0) is 66.0 Å². The Morgan fingerprint density at radius 2 is 1.11 bits per heavy atom. The van der Waals surface area contributed by atoms with Crippen LogP contribution in [0.2, 0.25) is 5.02 Å². The minimum absolute atomic E-state index is 0. The molecule has 0 radical (unpaired) electrons. The Kier molecular flexibility index (Phi) is 36.7. The number of hydrogen-bond donors (Lipinski definition) is 3. The van der Waals surface area contributed by atoms with Crippen molar-refractivity contribution in [2.45, 2.75) is 313 Å². The maximum Gasteiger partial charge on any atom is 0.416 e. The molecule has 6 heterocycles. The summed E-state index contributed by atoms with van der Waals surface area (Å²) in [5.41, 5.74) is 19.2. The van der Waals surface area contributed by atoms with E-state index in [2.05, 4.69) is 190 Å². The fourth-order valence-corrected chi connectivity index (χ4v) is 15.7. The number of nitrogens with zero attached hydrogens (tertiary/aromatic N) is 5. The Bertz CT molecular complexity index is 4150. The highest BCUT2D eigenvalue weighted by Crippen LogP contribution is 2.43. The monoisotopic (exact) mass is 1590 g/mol. The Morgan fingerprint density at radius 1 is 0.558 bits per heavy atom. The second-order valence-electron chi connectivity index (χ2n) is 37.2. The lowest BCUT2D eigenvalue weighted by atomic mass is 9.78. The minimum Gasteiger partial charge on any atom is -0.497 e. The van der Waals surface area contributed by atoms with Crippen LogP contribution < -0.4 is 25.4 Å².